The minimum Gasteiger partial charge on any atom is -0.505 e. The molecule has 1 heterocycles. The van der Waals surface area contributed by atoms with Crippen molar-refractivity contribution in [1.29, 1.82) is 0 Å². The third-order valence-corrected chi connectivity index (χ3v) is 5.29. The Morgan fingerprint density at radius 2 is 1.77 bits per heavy atom. The second-order valence-corrected chi connectivity index (χ2v) is 8.97. The number of aromatic hydroxyl groups is 1. The number of ether oxygens (including phenoxy) is 1. The fourth-order valence-electron chi connectivity index (χ4n) is 4.08. The molecule has 1 aliphatic heterocycles. The molecule has 4 heteroatoms. The molecule has 1 saturated heterocycles. The largest absolute Gasteiger partial charge is 0.505 e. The van der Waals surface area contributed by atoms with Crippen LogP contribution < -0.4 is 0 Å². The van der Waals surface area contributed by atoms with Gasteiger partial charge in [0, 0.05) is 10.4 Å². The van der Waals surface area contributed by atoms with Crippen molar-refractivity contribution in [2.75, 3.05) is 0 Å². The van der Waals surface area contributed by atoms with Crippen LogP contribution >= 0.6 is 15.9 Å². The van der Waals surface area contributed by atoms with Crippen LogP contribution in [0.3, 0.4) is 0 Å². The maximum atomic E-state index is 13.8. The quantitative estimate of drug-likeness (QED) is 0.607. The Bertz CT molecular complexity index is 838. The first kappa shape index (κ1) is 19.1. The summed E-state index contributed by atoms with van der Waals surface area (Å²) in [6.45, 7) is 8.37. The van der Waals surface area contributed by atoms with E-state index in [1.807, 2.05) is 18.2 Å². The highest BCUT2D eigenvalue weighted by atomic mass is 79.9. The Labute approximate surface area is 162 Å². The van der Waals surface area contributed by atoms with E-state index in [1.165, 1.54) is 23.3 Å². The van der Waals surface area contributed by atoms with E-state index < -0.39 is 11.4 Å². The monoisotopic (exact) mass is 418 g/mol. The molecule has 0 bridgehead atoms. The Morgan fingerprint density at radius 1 is 1.12 bits per heavy atom. The average Bonchev–Trinajstić information content (AvgIpc) is 2.50. The van der Waals surface area contributed by atoms with Crippen LogP contribution in [0.25, 0.3) is 6.08 Å². The van der Waals surface area contributed by atoms with Gasteiger partial charge in [-0.15, -0.1) is 0 Å². The van der Waals surface area contributed by atoms with Gasteiger partial charge in [-0.25, -0.2) is 4.39 Å². The predicted octanol–water partition coefficient (Wildman–Crippen LogP) is 6.44. The molecule has 138 valence electrons. The van der Waals surface area contributed by atoms with E-state index in [2.05, 4.69) is 55.8 Å². The minimum atomic E-state index is -0.606. The summed E-state index contributed by atoms with van der Waals surface area (Å²) in [5.74, 6) is -0.880. The van der Waals surface area contributed by atoms with Gasteiger partial charge in [0.1, 0.15) is 0 Å². The second-order valence-electron chi connectivity index (χ2n) is 8.06. The van der Waals surface area contributed by atoms with Crippen molar-refractivity contribution in [2.45, 2.75) is 51.2 Å². The molecule has 0 saturated carbocycles. The SMILES string of the molecule is CC1(C)CC(=Cc2ccc(O)c(F)c2)C(c2ccc(Br)cc2)C(C)(C)O1. The topological polar surface area (TPSA) is 29.5 Å². The van der Waals surface area contributed by atoms with Crippen molar-refractivity contribution in [3.05, 3.63) is 69.5 Å². The number of hydrogen-bond acceptors (Lipinski definition) is 2. The first-order chi connectivity index (χ1) is 12.1. The Hall–Kier alpha value is -1.65. The fraction of sp³-hybridized carbons (Fsp3) is 0.364. The van der Waals surface area contributed by atoms with E-state index in [4.69, 9.17) is 4.74 Å². The maximum Gasteiger partial charge on any atom is 0.165 e. The van der Waals surface area contributed by atoms with Gasteiger partial charge in [-0.1, -0.05) is 45.8 Å². The summed E-state index contributed by atoms with van der Waals surface area (Å²) in [7, 11) is 0. The molecule has 3 rings (SSSR count). The van der Waals surface area contributed by atoms with Crippen LogP contribution in [0.2, 0.25) is 0 Å². The highest BCUT2D eigenvalue weighted by Gasteiger charge is 2.44. The highest BCUT2D eigenvalue weighted by molar-refractivity contribution is 9.10. The lowest BCUT2D eigenvalue weighted by Crippen LogP contribution is -2.47. The zero-order valence-electron chi connectivity index (χ0n) is 15.5. The molecular formula is C22H24BrFO2. The number of halogens is 2. The van der Waals surface area contributed by atoms with Crippen LogP contribution in [0, 0.1) is 5.82 Å². The normalized spacial score (nSPS) is 23.2. The average molecular weight is 419 g/mol. The van der Waals surface area contributed by atoms with Crippen LogP contribution in [0.5, 0.6) is 5.75 Å². The van der Waals surface area contributed by atoms with Crippen molar-refractivity contribution in [3.8, 4) is 5.75 Å². The molecule has 0 aliphatic carbocycles. The molecule has 0 aromatic heterocycles. The van der Waals surface area contributed by atoms with E-state index in [0.29, 0.717) is 0 Å². The predicted molar refractivity (Wildman–Crippen MR) is 107 cm³/mol. The van der Waals surface area contributed by atoms with Crippen LogP contribution in [0.4, 0.5) is 4.39 Å². The number of phenolic OH excluding ortho intramolecular Hbond substituents is 1. The zero-order chi connectivity index (χ0) is 19.1. The molecule has 1 unspecified atom stereocenters. The van der Waals surface area contributed by atoms with Gasteiger partial charge in [-0.05, 0) is 69.5 Å². The van der Waals surface area contributed by atoms with E-state index in [-0.39, 0.29) is 17.3 Å². The molecule has 1 atom stereocenters. The van der Waals surface area contributed by atoms with Crippen molar-refractivity contribution in [1.82, 2.24) is 0 Å². The molecule has 2 aromatic rings. The number of rotatable bonds is 2. The lowest BCUT2D eigenvalue weighted by molar-refractivity contribution is -0.148. The third-order valence-electron chi connectivity index (χ3n) is 4.76. The molecule has 1 N–H and O–H groups in total. The fourth-order valence-corrected chi connectivity index (χ4v) is 4.34. The molecule has 2 nitrogen and oxygen atoms in total. The van der Waals surface area contributed by atoms with E-state index in [9.17, 15) is 9.50 Å². The Balaban J connectivity index is 2.11. The van der Waals surface area contributed by atoms with Crippen LogP contribution in [0.15, 0.2) is 52.5 Å². The van der Waals surface area contributed by atoms with E-state index in [1.54, 1.807) is 6.07 Å². The summed E-state index contributed by atoms with van der Waals surface area (Å²) in [6, 6.07) is 12.8. The lowest BCUT2D eigenvalue weighted by Gasteiger charge is -2.48. The van der Waals surface area contributed by atoms with Crippen molar-refractivity contribution in [3.63, 3.8) is 0 Å². The van der Waals surface area contributed by atoms with Gasteiger partial charge in [-0.3, -0.25) is 0 Å². The third kappa shape index (κ3) is 4.02. The molecule has 0 radical (unpaired) electrons. The molecule has 1 aliphatic rings. The van der Waals surface area contributed by atoms with Crippen LogP contribution in [0.1, 0.15) is 51.2 Å². The van der Waals surface area contributed by atoms with Gasteiger partial charge in [0.2, 0.25) is 0 Å². The summed E-state index contributed by atoms with van der Waals surface area (Å²) in [6.07, 6.45) is 2.78. The smallest absolute Gasteiger partial charge is 0.165 e. The minimum absolute atomic E-state index is 0.0560. The van der Waals surface area contributed by atoms with Gasteiger partial charge in [0.25, 0.3) is 0 Å². The maximum absolute atomic E-state index is 13.8. The summed E-state index contributed by atoms with van der Waals surface area (Å²) in [4.78, 5) is 0. The molecule has 2 aromatic carbocycles. The van der Waals surface area contributed by atoms with Gasteiger partial charge in [0.05, 0.1) is 11.2 Å². The van der Waals surface area contributed by atoms with E-state index >= 15 is 0 Å². The Kier molecular flexibility index (Phi) is 5.02. The summed E-state index contributed by atoms with van der Waals surface area (Å²) >= 11 is 3.49. The van der Waals surface area contributed by atoms with Crippen LogP contribution in [-0.4, -0.2) is 16.3 Å². The zero-order valence-corrected chi connectivity index (χ0v) is 17.1. The standard InChI is InChI=1S/C22H24BrFO2/c1-21(2)13-16(11-14-5-10-19(25)18(24)12-14)20(22(3,4)26-21)15-6-8-17(23)9-7-15/h5-12,20,25H,13H2,1-4H3. The van der Waals surface area contributed by atoms with Gasteiger partial charge in [-0.2, -0.15) is 0 Å². The van der Waals surface area contributed by atoms with E-state index in [0.717, 1.165) is 16.5 Å². The van der Waals surface area contributed by atoms with Gasteiger partial charge < -0.3 is 9.84 Å². The molecule has 0 amide bonds. The molecular weight excluding hydrogens is 395 g/mol. The lowest BCUT2D eigenvalue weighted by atomic mass is 9.72. The highest BCUT2D eigenvalue weighted by Crippen LogP contribution is 2.48. The summed E-state index contributed by atoms with van der Waals surface area (Å²) in [5.41, 5.74) is 2.39. The molecule has 26 heavy (non-hydrogen) atoms. The number of hydrogen-bond donors (Lipinski definition) is 1. The van der Waals surface area contributed by atoms with Crippen LogP contribution in [-0.2, 0) is 4.74 Å². The number of benzene rings is 2. The first-order valence-electron chi connectivity index (χ1n) is 8.72. The summed E-state index contributed by atoms with van der Waals surface area (Å²) in [5, 5.41) is 9.45. The van der Waals surface area contributed by atoms with Crippen molar-refractivity contribution in [2.24, 2.45) is 0 Å². The molecule has 0 spiro atoms. The summed E-state index contributed by atoms with van der Waals surface area (Å²) < 4.78 is 21.2. The van der Waals surface area contributed by atoms with Gasteiger partial charge in [0.15, 0.2) is 11.6 Å². The molecule has 1 fully saturated rings. The number of phenols is 1. The second kappa shape index (κ2) is 6.82. The van der Waals surface area contributed by atoms with Crippen molar-refractivity contribution >= 4 is 22.0 Å². The van der Waals surface area contributed by atoms with Gasteiger partial charge >= 0.3 is 0 Å². The van der Waals surface area contributed by atoms with Crippen molar-refractivity contribution < 1.29 is 14.2 Å². The Morgan fingerprint density at radius 3 is 2.38 bits per heavy atom. The first-order valence-corrected chi connectivity index (χ1v) is 9.51.